The van der Waals surface area contributed by atoms with E-state index >= 15 is 0 Å². The van der Waals surface area contributed by atoms with Crippen molar-refractivity contribution < 1.29 is 9.59 Å². The number of nitrogens with one attached hydrogen (secondary N) is 1. The minimum Gasteiger partial charge on any atom is -0.366 e. The second-order valence-corrected chi connectivity index (χ2v) is 7.44. The molecule has 0 saturated heterocycles. The highest BCUT2D eigenvalue weighted by molar-refractivity contribution is 7.99. The van der Waals surface area contributed by atoms with Gasteiger partial charge in [0, 0.05) is 22.4 Å². The van der Waals surface area contributed by atoms with Gasteiger partial charge in [0.15, 0.2) is 0 Å². The van der Waals surface area contributed by atoms with Gasteiger partial charge in [-0.1, -0.05) is 0 Å². The molecule has 3 rings (SSSR count). The minimum absolute atomic E-state index is 0.246. The molecule has 6 nitrogen and oxygen atoms in total. The van der Waals surface area contributed by atoms with Crippen molar-refractivity contribution >= 4 is 40.0 Å². The van der Waals surface area contributed by atoms with Crippen molar-refractivity contribution in [1.29, 1.82) is 0 Å². The molecule has 0 aliphatic heterocycles. The van der Waals surface area contributed by atoms with Crippen molar-refractivity contribution in [2.24, 2.45) is 17.4 Å². The van der Waals surface area contributed by atoms with Gasteiger partial charge in [-0.25, -0.2) is 9.78 Å². The summed E-state index contributed by atoms with van der Waals surface area (Å²) in [5.74, 6) is 1.35. The van der Waals surface area contributed by atoms with Crippen LogP contribution < -0.4 is 16.8 Å². The van der Waals surface area contributed by atoms with Crippen molar-refractivity contribution in [1.82, 2.24) is 4.98 Å². The van der Waals surface area contributed by atoms with Gasteiger partial charge in [0.2, 0.25) is 0 Å². The number of nitrogens with two attached hydrogens (primary N) is 2. The van der Waals surface area contributed by atoms with E-state index in [-0.39, 0.29) is 5.56 Å². The maximum absolute atomic E-state index is 11.5. The molecule has 8 heteroatoms. The van der Waals surface area contributed by atoms with E-state index in [0.717, 1.165) is 27.1 Å². The summed E-state index contributed by atoms with van der Waals surface area (Å²) in [6.45, 7) is 0. The lowest BCUT2D eigenvalue weighted by molar-refractivity contribution is 0.100. The molecule has 0 spiro atoms. The van der Waals surface area contributed by atoms with Gasteiger partial charge in [-0.3, -0.25) is 10.1 Å². The van der Waals surface area contributed by atoms with Gasteiger partial charge in [-0.15, -0.1) is 23.1 Å². The first-order chi connectivity index (χ1) is 11.0. The molecule has 0 atom stereocenters. The molecule has 120 valence electrons. The Labute approximate surface area is 141 Å². The maximum Gasteiger partial charge on any atom is 0.317 e. The number of carbonyl (C=O) groups excluding carboxylic acids is 2. The van der Waals surface area contributed by atoms with Gasteiger partial charge in [0.1, 0.15) is 5.00 Å². The lowest BCUT2D eigenvalue weighted by Crippen LogP contribution is -2.21. The van der Waals surface area contributed by atoms with Crippen molar-refractivity contribution in [3.05, 3.63) is 30.0 Å². The summed E-state index contributed by atoms with van der Waals surface area (Å²) >= 11 is 3.01. The molecule has 2 aromatic rings. The van der Waals surface area contributed by atoms with E-state index in [1.165, 1.54) is 24.2 Å². The molecule has 1 aliphatic carbocycles. The smallest absolute Gasteiger partial charge is 0.317 e. The molecule has 23 heavy (non-hydrogen) atoms. The molecule has 1 saturated carbocycles. The third-order valence-electron chi connectivity index (χ3n) is 3.42. The molecule has 0 bridgehead atoms. The van der Waals surface area contributed by atoms with Crippen LogP contribution in [-0.4, -0.2) is 22.7 Å². The quantitative estimate of drug-likeness (QED) is 0.697. The number of amides is 3. The number of thiophene rings is 1. The van der Waals surface area contributed by atoms with Crippen molar-refractivity contribution in [3.8, 4) is 10.4 Å². The number of hydrogen-bond donors (Lipinski definition) is 3. The third-order valence-corrected chi connectivity index (χ3v) is 5.69. The fourth-order valence-corrected chi connectivity index (χ4v) is 4.11. The monoisotopic (exact) mass is 348 g/mol. The largest absolute Gasteiger partial charge is 0.366 e. The Bertz CT molecular complexity index is 738. The first-order valence-corrected chi connectivity index (χ1v) is 8.92. The van der Waals surface area contributed by atoms with Crippen LogP contribution in [0.4, 0.5) is 9.80 Å². The van der Waals surface area contributed by atoms with E-state index in [9.17, 15) is 9.59 Å². The van der Waals surface area contributed by atoms with Crippen molar-refractivity contribution in [2.45, 2.75) is 17.9 Å². The number of pyridine rings is 1. The Morgan fingerprint density at radius 1 is 1.35 bits per heavy atom. The maximum atomic E-state index is 11.5. The zero-order valence-electron chi connectivity index (χ0n) is 12.2. The molecular formula is C15H16N4O2S2. The average Bonchev–Trinajstić information content (AvgIpc) is 3.24. The standard InChI is InChI=1S/C15H16N4O2S2/c16-13(20)10-5-11(23-14(10)19-15(17)21)9-3-4-12(18-6-9)22-7-8-1-2-8/h3-6,8H,1-2,7H2,(H2,16,20)(H3,17,19,21). The molecule has 0 unspecified atom stereocenters. The molecule has 2 heterocycles. The molecule has 1 fully saturated rings. The van der Waals surface area contributed by atoms with E-state index in [1.807, 2.05) is 12.1 Å². The van der Waals surface area contributed by atoms with Crippen LogP contribution in [-0.2, 0) is 0 Å². The second-order valence-electron chi connectivity index (χ2n) is 5.35. The number of carbonyl (C=O) groups is 2. The van der Waals surface area contributed by atoms with Crippen LogP contribution in [0.5, 0.6) is 0 Å². The fourth-order valence-electron chi connectivity index (χ4n) is 2.02. The van der Waals surface area contributed by atoms with E-state index in [4.69, 9.17) is 11.5 Å². The predicted octanol–water partition coefficient (Wildman–Crippen LogP) is 2.90. The number of aromatic nitrogens is 1. The topological polar surface area (TPSA) is 111 Å². The van der Waals surface area contributed by atoms with Crippen LogP contribution in [0.15, 0.2) is 29.4 Å². The van der Waals surface area contributed by atoms with Gasteiger partial charge < -0.3 is 11.5 Å². The minimum atomic E-state index is -0.731. The predicted molar refractivity (Wildman–Crippen MR) is 92.7 cm³/mol. The van der Waals surface area contributed by atoms with Gasteiger partial charge in [-0.05, 0) is 37.0 Å². The van der Waals surface area contributed by atoms with E-state index in [0.29, 0.717) is 5.00 Å². The van der Waals surface area contributed by atoms with Crippen LogP contribution in [0.25, 0.3) is 10.4 Å². The van der Waals surface area contributed by atoms with Gasteiger partial charge in [0.05, 0.1) is 10.6 Å². The van der Waals surface area contributed by atoms with Crippen LogP contribution in [0.2, 0.25) is 0 Å². The lowest BCUT2D eigenvalue weighted by atomic mass is 10.2. The second kappa shape index (κ2) is 6.59. The molecule has 0 radical (unpaired) electrons. The summed E-state index contributed by atoms with van der Waals surface area (Å²) in [6.07, 6.45) is 4.41. The van der Waals surface area contributed by atoms with E-state index in [1.54, 1.807) is 24.0 Å². The SMILES string of the molecule is NC(=O)Nc1sc(-c2ccc(SCC3CC3)nc2)cc1C(N)=O. The highest BCUT2D eigenvalue weighted by Crippen LogP contribution is 2.37. The molecule has 5 N–H and O–H groups in total. The zero-order chi connectivity index (χ0) is 16.4. The number of rotatable bonds is 6. The molecule has 1 aliphatic rings. The van der Waals surface area contributed by atoms with Gasteiger partial charge in [0.25, 0.3) is 5.91 Å². The Balaban J connectivity index is 1.79. The number of anilines is 1. The van der Waals surface area contributed by atoms with Crippen LogP contribution in [0.1, 0.15) is 23.2 Å². The highest BCUT2D eigenvalue weighted by Gasteiger charge is 2.21. The molecule has 0 aromatic carbocycles. The fraction of sp³-hybridized carbons (Fsp3) is 0.267. The summed E-state index contributed by atoms with van der Waals surface area (Å²) < 4.78 is 0. The molecular weight excluding hydrogens is 332 g/mol. The highest BCUT2D eigenvalue weighted by atomic mass is 32.2. The third kappa shape index (κ3) is 4.02. The van der Waals surface area contributed by atoms with Gasteiger partial charge in [-0.2, -0.15) is 0 Å². The first-order valence-electron chi connectivity index (χ1n) is 7.12. The lowest BCUT2D eigenvalue weighted by Gasteiger charge is -2.01. The number of thioether (sulfide) groups is 1. The zero-order valence-corrected chi connectivity index (χ0v) is 13.9. The number of primary amides is 2. The van der Waals surface area contributed by atoms with Crippen LogP contribution >= 0.6 is 23.1 Å². The number of urea groups is 1. The summed E-state index contributed by atoms with van der Waals surface area (Å²) in [5.41, 5.74) is 11.6. The summed E-state index contributed by atoms with van der Waals surface area (Å²) in [5, 5.41) is 3.77. The number of nitrogens with zero attached hydrogens (tertiary/aromatic N) is 1. The van der Waals surface area contributed by atoms with Crippen molar-refractivity contribution in [2.75, 3.05) is 11.1 Å². The van der Waals surface area contributed by atoms with Crippen molar-refractivity contribution in [3.63, 3.8) is 0 Å². The summed E-state index contributed by atoms with van der Waals surface area (Å²) in [7, 11) is 0. The average molecular weight is 348 g/mol. The molecule has 2 aromatic heterocycles. The van der Waals surface area contributed by atoms with Crippen LogP contribution in [0, 0.1) is 5.92 Å². The Morgan fingerprint density at radius 3 is 2.70 bits per heavy atom. The molecule has 3 amide bonds. The normalized spacial score (nSPS) is 13.7. The Morgan fingerprint density at radius 2 is 2.13 bits per heavy atom. The van der Waals surface area contributed by atoms with E-state index in [2.05, 4.69) is 10.3 Å². The first kappa shape index (κ1) is 15.8. The Kier molecular flexibility index (Phi) is 4.53. The van der Waals surface area contributed by atoms with Crippen LogP contribution in [0.3, 0.4) is 0 Å². The van der Waals surface area contributed by atoms with E-state index < -0.39 is 11.9 Å². The number of hydrogen-bond acceptors (Lipinski definition) is 5. The van der Waals surface area contributed by atoms with Gasteiger partial charge >= 0.3 is 6.03 Å². The summed E-state index contributed by atoms with van der Waals surface area (Å²) in [4.78, 5) is 27.7. The summed E-state index contributed by atoms with van der Waals surface area (Å²) in [6, 6.07) is 4.83. The Hall–Kier alpha value is -2.06.